The zero-order chi connectivity index (χ0) is 32.6. The highest BCUT2D eigenvalue weighted by molar-refractivity contribution is 7.09. The fourth-order valence-electron chi connectivity index (χ4n) is 5.95. The molecule has 0 bridgehead atoms. The molecule has 0 spiro atoms. The lowest BCUT2D eigenvalue weighted by atomic mass is 9.99. The second-order valence-corrected chi connectivity index (χ2v) is 14.1. The molecule has 1 aliphatic rings. The van der Waals surface area contributed by atoms with E-state index in [9.17, 15) is 14.4 Å². The van der Waals surface area contributed by atoms with Crippen molar-refractivity contribution < 1.29 is 14.4 Å². The van der Waals surface area contributed by atoms with E-state index in [2.05, 4.69) is 23.3 Å². The van der Waals surface area contributed by atoms with Crippen LogP contribution in [0.4, 0.5) is 0 Å². The van der Waals surface area contributed by atoms with Crippen LogP contribution >= 0.6 is 11.3 Å². The molecule has 4 rings (SSSR count). The number of nitrogens with two attached hydrogens (primary N) is 1. The summed E-state index contributed by atoms with van der Waals surface area (Å²) in [4.78, 5) is 47.9. The standard InChI is InChI=1S/C36H49N5O3S/c1-36(2,37)19-8-15-33(42)40(4)32(24-26-16-17-27-11-6-7-12-28(27)23-26)35(44)41(5)31(25-30-14-10-22-45-30)34(43)38-20-18-29-13-9-21-39(29)3/h6-8,10-12,14-17,22-23,29,31-32H,9,13,18-21,24-25,37H2,1-5H3,(H,38,43)/t29?,31-,32-/m1/s1. The summed E-state index contributed by atoms with van der Waals surface area (Å²) in [5.74, 6) is -0.742. The smallest absolute Gasteiger partial charge is 0.246 e. The van der Waals surface area contributed by atoms with E-state index in [4.69, 9.17) is 5.73 Å². The zero-order valence-corrected chi connectivity index (χ0v) is 28.2. The first-order valence-corrected chi connectivity index (χ1v) is 16.8. The summed E-state index contributed by atoms with van der Waals surface area (Å²) >= 11 is 1.57. The van der Waals surface area contributed by atoms with Gasteiger partial charge in [0.15, 0.2) is 0 Å². The van der Waals surface area contributed by atoms with Crippen molar-refractivity contribution in [1.29, 1.82) is 0 Å². The van der Waals surface area contributed by atoms with Crippen molar-refractivity contribution >= 4 is 39.8 Å². The van der Waals surface area contributed by atoms with Gasteiger partial charge in [0.25, 0.3) is 0 Å². The van der Waals surface area contributed by atoms with Crippen molar-refractivity contribution in [3.63, 3.8) is 0 Å². The molecule has 1 saturated heterocycles. The molecule has 0 aliphatic carbocycles. The first-order valence-electron chi connectivity index (χ1n) is 15.9. The third-order valence-corrected chi connectivity index (χ3v) is 9.69. The molecule has 1 fully saturated rings. The van der Waals surface area contributed by atoms with Crippen LogP contribution in [0.25, 0.3) is 10.8 Å². The van der Waals surface area contributed by atoms with Crippen molar-refractivity contribution in [2.24, 2.45) is 5.73 Å². The van der Waals surface area contributed by atoms with Crippen LogP contribution in [0.2, 0.25) is 0 Å². The Balaban J connectivity index is 1.57. The summed E-state index contributed by atoms with van der Waals surface area (Å²) in [5, 5.41) is 7.27. The van der Waals surface area contributed by atoms with E-state index in [0.29, 0.717) is 31.8 Å². The number of thiophene rings is 1. The number of likely N-dealkylation sites (N-methyl/N-ethyl adjacent to an activating group) is 2. The van der Waals surface area contributed by atoms with Gasteiger partial charge in [-0.2, -0.15) is 0 Å². The second kappa shape index (κ2) is 15.7. The van der Waals surface area contributed by atoms with Gasteiger partial charge in [0.2, 0.25) is 17.7 Å². The maximum Gasteiger partial charge on any atom is 0.246 e. The number of hydrogen-bond donors (Lipinski definition) is 2. The van der Waals surface area contributed by atoms with Crippen LogP contribution in [-0.4, -0.2) is 90.3 Å². The van der Waals surface area contributed by atoms with E-state index in [1.54, 1.807) is 36.4 Å². The van der Waals surface area contributed by atoms with Gasteiger partial charge >= 0.3 is 0 Å². The van der Waals surface area contributed by atoms with Gasteiger partial charge in [0.1, 0.15) is 12.1 Å². The number of carbonyl (C=O) groups is 3. The fraction of sp³-hybridized carbons (Fsp3) is 0.472. The Hall–Kier alpha value is -3.53. The van der Waals surface area contributed by atoms with Gasteiger partial charge in [-0.05, 0) is 87.0 Å². The number of fused-ring (bicyclic) bond motifs is 1. The van der Waals surface area contributed by atoms with Crippen molar-refractivity contribution in [3.05, 3.63) is 82.6 Å². The maximum atomic E-state index is 14.4. The number of nitrogens with zero attached hydrogens (tertiary/aromatic N) is 3. The topological polar surface area (TPSA) is 99.0 Å². The van der Waals surface area contributed by atoms with E-state index in [1.807, 2.05) is 67.8 Å². The second-order valence-electron chi connectivity index (χ2n) is 13.1. The SMILES string of the molecule is CN1CCCC1CCNC(=O)[C@@H](Cc1cccs1)N(C)C(=O)[C@@H](Cc1ccc2ccccc2c1)N(C)C(=O)C=CCC(C)(C)N. The average molecular weight is 632 g/mol. The highest BCUT2D eigenvalue weighted by Gasteiger charge is 2.35. The molecule has 0 radical (unpaired) electrons. The normalized spacial score (nSPS) is 17.0. The number of benzene rings is 2. The first kappa shape index (κ1) is 34.3. The van der Waals surface area contributed by atoms with Gasteiger partial charge in [-0.25, -0.2) is 0 Å². The summed E-state index contributed by atoms with van der Waals surface area (Å²) in [7, 11) is 5.47. The van der Waals surface area contributed by atoms with Crippen molar-refractivity contribution in [2.75, 3.05) is 34.2 Å². The highest BCUT2D eigenvalue weighted by Crippen LogP contribution is 2.22. The van der Waals surface area contributed by atoms with Gasteiger partial charge in [0.05, 0.1) is 0 Å². The lowest BCUT2D eigenvalue weighted by Crippen LogP contribution is -2.56. The fourth-order valence-corrected chi connectivity index (χ4v) is 6.69. The van der Waals surface area contributed by atoms with Crippen LogP contribution in [0.1, 0.15) is 50.0 Å². The minimum absolute atomic E-state index is 0.177. The Morgan fingerprint density at radius 3 is 2.47 bits per heavy atom. The Morgan fingerprint density at radius 2 is 1.80 bits per heavy atom. The van der Waals surface area contributed by atoms with Gasteiger partial charge in [0, 0.05) is 49.9 Å². The molecule has 0 saturated carbocycles. The molecule has 242 valence electrons. The van der Waals surface area contributed by atoms with Crippen LogP contribution in [0.5, 0.6) is 0 Å². The van der Waals surface area contributed by atoms with E-state index < -0.39 is 17.6 Å². The molecular weight excluding hydrogens is 582 g/mol. The van der Waals surface area contributed by atoms with E-state index in [1.165, 1.54) is 17.4 Å². The Labute approximate surface area is 272 Å². The van der Waals surface area contributed by atoms with E-state index in [0.717, 1.165) is 40.6 Å². The first-order chi connectivity index (χ1) is 21.4. The van der Waals surface area contributed by atoms with Crippen LogP contribution in [0.15, 0.2) is 72.1 Å². The van der Waals surface area contributed by atoms with Gasteiger partial charge < -0.3 is 25.8 Å². The molecule has 8 nitrogen and oxygen atoms in total. The molecule has 3 N–H and O–H groups in total. The summed E-state index contributed by atoms with van der Waals surface area (Å²) in [6.45, 7) is 5.44. The van der Waals surface area contributed by atoms with E-state index >= 15 is 0 Å². The number of rotatable bonds is 14. The third-order valence-electron chi connectivity index (χ3n) is 8.79. The Bertz CT molecular complexity index is 1460. The van der Waals surface area contributed by atoms with E-state index in [-0.39, 0.29) is 17.7 Å². The Kier molecular flexibility index (Phi) is 11.9. The molecule has 3 aromatic rings. The predicted molar refractivity (Wildman–Crippen MR) is 184 cm³/mol. The van der Waals surface area contributed by atoms with Crippen molar-refractivity contribution in [1.82, 2.24) is 20.0 Å². The largest absolute Gasteiger partial charge is 0.354 e. The molecule has 9 heteroatoms. The Morgan fingerprint density at radius 1 is 1.04 bits per heavy atom. The molecule has 2 heterocycles. The van der Waals surface area contributed by atoms with Crippen LogP contribution in [0, 0.1) is 0 Å². The summed E-state index contributed by atoms with van der Waals surface area (Å²) in [6.07, 6.45) is 7.68. The lowest BCUT2D eigenvalue weighted by Gasteiger charge is -2.34. The number of amides is 3. The minimum atomic E-state index is -0.815. The third kappa shape index (κ3) is 9.73. The highest BCUT2D eigenvalue weighted by atomic mass is 32.1. The van der Waals surface area contributed by atoms with Crippen LogP contribution in [0.3, 0.4) is 0 Å². The van der Waals surface area contributed by atoms with Crippen LogP contribution < -0.4 is 11.1 Å². The molecule has 45 heavy (non-hydrogen) atoms. The summed E-state index contributed by atoms with van der Waals surface area (Å²) in [5.41, 5.74) is 6.59. The molecule has 3 amide bonds. The minimum Gasteiger partial charge on any atom is -0.354 e. The molecule has 1 aliphatic heterocycles. The quantitative estimate of drug-likeness (QED) is 0.253. The number of likely N-dealkylation sites (tertiary alicyclic amines) is 1. The monoisotopic (exact) mass is 631 g/mol. The molecular formula is C36H49N5O3S. The summed E-state index contributed by atoms with van der Waals surface area (Å²) < 4.78 is 0. The molecule has 1 aromatic heterocycles. The van der Waals surface area contributed by atoms with Gasteiger partial charge in [-0.3, -0.25) is 14.4 Å². The average Bonchev–Trinajstić information content (AvgIpc) is 3.68. The zero-order valence-electron chi connectivity index (χ0n) is 27.4. The van der Waals surface area contributed by atoms with Crippen molar-refractivity contribution in [2.45, 2.75) is 76.0 Å². The number of carbonyl (C=O) groups excluding carboxylic acids is 3. The number of hydrogen-bond acceptors (Lipinski definition) is 6. The van der Waals surface area contributed by atoms with Crippen molar-refractivity contribution in [3.8, 4) is 0 Å². The molecule has 3 atom stereocenters. The number of nitrogens with one attached hydrogen (secondary N) is 1. The molecule has 2 aromatic carbocycles. The maximum absolute atomic E-state index is 14.4. The van der Waals surface area contributed by atoms with Gasteiger partial charge in [-0.1, -0.05) is 54.6 Å². The summed E-state index contributed by atoms with van der Waals surface area (Å²) in [6, 6.07) is 17.1. The lowest BCUT2D eigenvalue weighted by molar-refractivity contribution is -0.146. The van der Waals surface area contributed by atoms with Crippen LogP contribution in [-0.2, 0) is 27.2 Å². The predicted octanol–water partition coefficient (Wildman–Crippen LogP) is 4.62. The van der Waals surface area contributed by atoms with Gasteiger partial charge in [-0.15, -0.1) is 11.3 Å². The molecule has 1 unspecified atom stereocenters.